The molecule has 0 amide bonds. The maximum atomic E-state index is 13.2. The average molecular weight is 932 g/mol. The fourth-order valence-electron chi connectivity index (χ4n) is 7.30. The van der Waals surface area contributed by atoms with Gasteiger partial charge in [-0.25, -0.2) is 0 Å². The zero-order valence-corrected chi connectivity index (χ0v) is 36.4. The molecule has 5 aromatic carbocycles. The molecule has 2 aromatic heterocycles. The minimum absolute atomic E-state index is 0. The van der Waals surface area contributed by atoms with Gasteiger partial charge in [-0.2, -0.15) is 0 Å². The van der Waals surface area contributed by atoms with E-state index in [9.17, 15) is 4.39 Å². The van der Waals surface area contributed by atoms with Crippen molar-refractivity contribution in [3.8, 4) is 33.6 Å². The van der Waals surface area contributed by atoms with E-state index >= 15 is 0 Å². The van der Waals surface area contributed by atoms with Gasteiger partial charge in [0.25, 0.3) is 0 Å². The van der Waals surface area contributed by atoms with Gasteiger partial charge in [-0.15, -0.1) is 59.2 Å². The Morgan fingerprint density at radius 1 is 0.750 bits per heavy atom. The molecule has 56 heavy (non-hydrogen) atoms. The van der Waals surface area contributed by atoms with E-state index in [-0.39, 0.29) is 31.8 Å². The van der Waals surface area contributed by atoms with Gasteiger partial charge in [0, 0.05) is 54.2 Å². The molecule has 0 saturated heterocycles. The molecule has 1 aliphatic carbocycles. The summed E-state index contributed by atoms with van der Waals surface area (Å²) in [7, 11) is -1.71. The fraction of sp³-hybridized carbons (Fsp3) is 0.216. The molecule has 0 N–H and O–H groups in total. The third-order valence-electron chi connectivity index (χ3n) is 9.92. The van der Waals surface area contributed by atoms with Crippen LogP contribution in [0.1, 0.15) is 77.0 Å². The van der Waals surface area contributed by atoms with Gasteiger partial charge >= 0.3 is 0 Å². The van der Waals surface area contributed by atoms with Crippen molar-refractivity contribution in [3.05, 3.63) is 197 Å². The van der Waals surface area contributed by atoms with Crippen molar-refractivity contribution in [1.82, 2.24) is 9.97 Å². The Balaban J connectivity index is 0.000000199. The van der Waals surface area contributed by atoms with Crippen LogP contribution in [0.4, 0.5) is 4.39 Å². The largest absolute Gasteiger partial charge is 0.305 e. The molecule has 2 nitrogen and oxygen atoms in total. The summed E-state index contributed by atoms with van der Waals surface area (Å²) >= 11 is 0. The molecule has 2 heterocycles. The summed E-state index contributed by atoms with van der Waals surface area (Å²) in [4.78, 5) is 9.18. The van der Waals surface area contributed by atoms with Crippen molar-refractivity contribution in [2.75, 3.05) is 0 Å². The molecule has 2 unspecified atom stereocenters. The van der Waals surface area contributed by atoms with Crippen molar-refractivity contribution in [3.63, 3.8) is 0 Å². The van der Waals surface area contributed by atoms with Gasteiger partial charge in [0.1, 0.15) is 0 Å². The SMILES string of the molecule is [2H]C(C)(c1ccccc1)c1cc(-c2[c-]cc(F)cc2)ncc1[Si](C)(C)C.[2H]C([2H])(c1ccnc(-c2[c-]cc3c(c2)-c2ccccc2C3c2ccccc2)c1)C(C)(C)C.[Ir]. The van der Waals surface area contributed by atoms with Crippen molar-refractivity contribution >= 4 is 13.3 Å². The molecule has 0 bridgehead atoms. The molecule has 5 heteroatoms. The Morgan fingerprint density at radius 2 is 1.41 bits per heavy atom. The van der Waals surface area contributed by atoms with Crippen LogP contribution in [0.2, 0.25) is 19.6 Å². The molecule has 0 spiro atoms. The predicted molar refractivity (Wildman–Crippen MR) is 230 cm³/mol. The van der Waals surface area contributed by atoms with Crippen LogP contribution in [0.25, 0.3) is 33.6 Å². The maximum Gasteiger partial charge on any atom is 0.0799 e. The molecule has 285 valence electrons. The Hall–Kier alpha value is -4.80. The average Bonchev–Trinajstić information content (AvgIpc) is 3.55. The van der Waals surface area contributed by atoms with Crippen LogP contribution in [0.3, 0.4) is 0 Å². The molecule has 0 fully saturated rings. The van der Waals surface area contributed by atoms with E-state index in [2.05, 4.69) is 108 Å². The second-order valence-corrected chi connectivity index (χ2v) is 21.3. The first kappa shape index (κ1) is 36.8. The molecule has 0 aliphatic heterocycles. The standard InChI is InChI=1S/C29H26N.C22H23FNSi.Ir/c1-29(2,3)19-20-15-16-30-27(17-20)22-13-14-25-26(18-22)23-11-7-8-12-24(23)28(25)21-9-5-4-6-10-21;1-16(17-8-6-5-7-9-17)20-14-21(18-10-12-19(23)13-11-18)24-15-22(20)25(2,3)4;/h4-12,14-18,28H,19H2,1-3H3;5-10,12-16H,1-4H3;/q2*-1;/i19D2;16D;. The van der Waals surface area contributed by atoms with Crippen molar-refractivity contribution < 1.29 is 28.6 Å². The number of hydrogen-bond acceptors (Lipinski definition) is 2. The maximum absolute atomic E-state index is 13.2. The predicted octanol–water partition coefficient (Wildman–Crippen LogP) is 12.7. The molecule has 7 aromatic rings. The molecule has 1 radical (unpaired) electrons. The van der Waals surface area contributed by atoms with Crippen molar-refractivity contribution in [2.24, 2.45) is 5.41 Å². The molecular formula is C51H49FIrN2Si-2. The first-order valence-electron chi connectivity index (χ1n) is 20.4. The molecule has 8 rings (SSSR count). The Labute approximate surface area is 351 Å². The topological polar surface area (TPSA) is 25.8 Å². The number of hydrogen-bond donors (Lipinski definition) is 0. The van der Waals surface area contributed by atoms with E-state index in [1.54, 1.807) is 18.3 Å². The number of rotatable bonds is 7. The van der Waals surface area contributed by atoms with Crippen molar-refractivity contribution in [2.45, 2.75) is 65.5 Å². The Morgan fingerprint density at radius 3 is 2.09 bits per heavy atom. The summed E-state index contributed by atoms with van der Waals surface area (Å²) in [6.45, 7) is 14.5. The third kappa shape index (κ3) is 9.24. The first-order chi connectivity index (χ1) is 27.5. The van der Waals surface area contributed by atoms with Gasteiger partial charge < -0.3 is 9.97 Å². The van der Waals surface area contributed by atoms with Gasteiger partial charge in [0.2, 0.25) is 0 Å². The van der Waals surface area contributed by atoms with E-state index in [1.807, 2.05) is 76.4 Å². The van der Waals surface area contributed by atoms with Crippen LogP contribution in [0.15, 0.2) is 146 Å². The minimum Gasteiger partial charge on any atom is -0.305 e. The van der Waals surface area contributed by atoms with Crippen LogP contribution in [0, 0.1) is 23.4 Å². The molecule has 2 atom stereocenters. The van der Waals surface area contributed by atoms with Crippen LogP contribution in [0.5, 0.6) is 0 Å². The van der Waals surface area contributed by atoms with Crippen molar-refractivity contribution in [1.29, 1.82) is 0 Å². The van der Waals surface area contributed by atoms with Gasteiger partial charge in [-0.3, -0.25) is 4.39 Å². The van der Waals surface area contributed by atoms with Gasteiger partial charge in [0.15, 0.2) is 0 Å². The van der Waals surface area contributed by atoms with Gasteiger partial charge in [-0.05, 0) is 62.2 Å². The third-order valence-corrected chi connectivity index (χ3v) is 11.9. The van der Waals surface area contributed by atoms with Crippen LogP contribution in [-0.2, 0) is 26.5 Å². The van der Waals surface area contributed by atoms with E-state index in [0.717, 1.165) is 33.6 Å². The second-order valence-electron chi connectivity index (χ2n) is 16.2. The number of benzene rings is 5. The minimum atomic E-state index is -1.71. The van der Waals surface area contributed by atoms with Gasteiger partial charge in [0.05, 0.1) is 8.07 Å². The van der Waals surface area contributed by atoms with E-state index in [0.29, 0.717) is 5.56 Å². The number of halogens is 1. The van der Waals surface area contributed by atoms with Crippen LogP contribution in [-0.4, -0.2) is 18.0 Å². The van der Waals surface area contributed by atoms with E-state index in [1.165, 1.54) is 45.1 Å². The number of fused-ring (bicyclic) bond motifs is 3. The van der Waals surface area contributed by atoms with Gasteiger partial charge in [-0.1, -0.05) is 156 Å². The normalized spacial score (nSPS) is 15.4. The molecule has 1 aliphatic rings. The summed E-state index contributed by atoms with van der Waals surface area (Å²) in [6.07, 6.45) is 2.15. The summed E-state index contributed by atoms with van der Waals surface area (Å²) in [5.41, 5.74) is 11.4. The smallest absolute Gasteiger partial charge is 0.0799 e. The van der Waals surface area contributed by atoms with E-state index < -0.39 is 25.8 Å². The zero-order chi connectivity index (χ0) is 41.5. The number of nitrogens with zero attached hydrogens (tertiary/aromatic N) is 2. The van der Waals surface area contributed by atoms with E-state index in [4.69, 9.17) is 4.11 Å². The Kier molecular flexibility index (Phi) is 11.3. The second kappa shape index (κ2) is 17.1. The monoisotopic (exact) mass is 932 g/mol. The first-order valence-corrected chi connectivity index (χ1v) is 22.4. The Bertz CT molecular complexity index is 2550. The summed E-state index contributed by atoms with van der Waals surface area (Å²) in [6, 6.07) is 49.8. The number of pyridine rings is 2. The van der Waals surface area contributed by atoms with Crippen LogP contribution < -0.4 is 5.19 Å². The molecular weight excluding hydrogens is 880 g/mol. The molecule has 0 saturated carbocycles. The summed E-state index contributed by atoms with van der Waals surface area (Å²) in [5.74, 6) is -1.02. The quantitative estimate of drug-likeness (QED) is 0.118. The fourth-order valence-corrected chi connectivity index (χ4v) is 8.82. The zero-order valence-electron chi connectivity index (χ0n) is 36.0. The summed E-state index contributed by atoms with van der Waals surface area (Å²) < 4.78 is 39.7. The van der Waals surface area contributed by atoms with Crippen LogP contribution >= 0.6 is 0 Å². The summed E-state index contributed by atoms with van der Waals surface area (Å²) in [5, 5.41) is 1.17. The number of aromatic nitrogens is 2.